The van der Waals surface area contributed by atoms with E-state index in [1.165, 1.54) is 24.3 Å². The van der Waals surface area contributed by atoms with E-state index >= 15 is 0 Å². The van der Waals surface area contributed by atoms with Crippen molar-refractivity contribution in [3.63, 3.8) is 0 Å². The second-order valence-electron chi connectivity index (χ2n) is 13.7. The fourth-order valence-electron chi connectivity index (χ4n) is 5.71. The molecule has 0 atom stereocenters. The molecule has 334 valence electrons. The number of hydrogen-bond donors (Lipinski definition) is 0. The second kappa shape index (κ2) is 20.0. The first kappa shape index (κ1) is 48.7. The molecule has 0 aromatic heterocycles. The molecule has 7 rings (SSSR count). The first-order valence-electron chi connectivity index (χ1n) is 18.2. The molecule has 0 aliphatic carbocycles. The maximum atomic E-state index is 14.4. The van der Waals surface area contributed by atoms with E-state index < -0.39 is 98.3 Å². The summed E-state index contributed by atoms with van der Waals surface area (Å²) in [5.41, 5.74) is -2.93. The van der Waals surface area contributed by atoms with Gasteiger partial charge < -0.3 is 9.47 Å². The highest BCUT2D eigenvalue weighted by Gasteiger charge is 2.43. The third kappa shape index (κ3) is 12.0. The first-order chi connectivity index (χ1) is 29.9. The number of benzene rings is 7. The lowest BCUT2D eigenvalue weighted by atomic mass is 10.0. The van der Waals surface area contributed by atoms with Crippen molar-refractivity contribution < 1.29 is 70.9 Å². The molecule has 0 bridgehead atoms. The summed E-state index contributed by atoms with van der Waals surface area (Å²) in [4.78, 5) is 0. The third-order valence-electron chi connectivity index (χ3n) is 8.98. The van der Waals surface area contributed by atoms with Gasteiger partial charge in [-0.15, -0.1) is 0 Å². The molecular formula is C47H29BrF14O2. The van der Waals surface area contributed by atoms with Crippen molar-refractivity contribution in [2.75, 3.05) is 0 Å². The lowest BCUT2D eigenvalue weighted by Crippen LogP contribution is -2.25. The van der Waals surface area contributed by atoms with Crippen LogP contribution in [0.25, 0.3) is 22.3 Å². The van der Waals surface area contributed by atoms with Crippen LogP contribution in [0.4, 0.5) is 61.5 Å². The van der Waals surface area contributed by atoms with Crippen LogP contribution < -0.4 is 9.47 Å². The van der Waals surface area contributed by atoms with Gasteiger partial charge in [0, 0.05) is 39.9 Å². The summed E-state index contributed by atoms with van der Waals surface area (Å²) in [6, 6.07) is 22.1. The molecule has 0 heterocycles. The van der Waals surface area contributed by atoms with Crippen molar-refractivity contribution in [3.8, 4) is 33.8 Å². The maximum Gasteiger partial charge on any atom is 0.432 e. The Morgan fingerprint density at radius 1 is 0.375 bits per heavy atom. The minimum atomic E-state index is -4.57. The highest BCUT2D eigenvalue weighted by Crippen LogP contribution is 2.39. The van der Waals surface area contributed by atoms with Crippen LogP contribution in [0, 0.1) is 78.9 Å². The highest BCUT2D eigenvalue weighted by atomic mass is 79.9. The van der Waals surface area contributed by atoms with Gasteiger partial charge in [-0.05, 0) is 109 Å². The van der Waals surface area contributed by atoms with E-state index in [4.69, 9.17) is 0 Å². The van der Waals surface area contributed by atoms with Gasteiger partial charge in [-0.2, -0.15) is 17.6 Å². The molecule has 0 unspecified atom stereocenters. The van der Waals surface area contributed by atoms with Crippen LogP contribution in [-0.2, 0) is 12.2 Å². The molecule has 7 aromatic carbocycles. The minimum absolute atomic E-state index is 0.0366. The van der Waals surface area contributed by atoms with Crippen LogP contribution in [-0.4, -0.2) is 0 Å². The molecule has 0 saturated heterocycles. The quantitative estimate of drug-likeness (QED) is 0.141. The number of halogens is 15. The van der Waals surface area contributed by atoms with Crippen LogP contribution in [0.15, 0.2) is 126 Å². The van der Waals surface area contributed by atoms with Crippen LogP contribution >= 0.6 is 15.9 Å². The van der Waals surface area contributed by atoms with E-state index in [0.29, 0.717) is 42.0 Å². The molecule has 0 spiro atoms. The topological polar surface area (TPSA) is 18.5 Å². The smallest absolute Gasteiger partial charge is 0.429 e. The summed E-state index contributed by atoms with van der Waals surface area (Å²) < 4.78 is 203. The number of rotatable bonds is 8. The SMILES string of the molecule is Cc1c(F)cc(OC(F)(F)c2c(F)cc(-c3ccc(Br)cc3)cc2F)cc1F.Cc1c(F)cc(OC(F)(F)c2c(F)cc(-c3cccc(F)c3)cc2F)cc1F.Cc1cccc(F)c1. The van der Waals surface area contributed by atoms with E-state index in [-0.39, 0.29) is 22.5 Å². The second-order valence-corrected chi connectivity index (χ2v) is 14.6. The van der Waals surface area contributed by atoms with Crippen molar-refractivity contribution in [2.24, 2.45) is 0 Å². The maximum absolute atomic E-state index is 14.4. The van der Waals surface area contributed by atoms with Crippen molar-refractivity contribution in [2.45, 2.75) is 33.0 Å². The van der Waals surface area contributed by atoms with Gasteiger partial charge in [-0.3, -0.25) is 0 Å². The summed E-state index contributed by atoms with van der Waals surface area (Å²) in [5.74, 6) is -13.7. The Morgan fingerprint density at radius 2 is 0.734 bits per heavy atom. The molecule has 0 amide bonds. The zero-order valence-electron chi connectivity index (χ0n) is 33.0. The van der Waals surface area contributed by atoms with Gasteiger partial charge in [-0.25, -0.2) is 43.9 Å². The molecule has 0 aliphatic rings. The van der Waals surface area contributed by atoms with E-state index in [1.54, 1.807) is 30.3 Å². The summed E-state index contributed by atoms with van der Waals surface area (Å²) in [5, 5.41) is 0. The standard InChI is InChI=1S/C20H11BrF6O.C20H11F7O.C7H7F/c1-10-15(22)8-14(9-16(10)23)28-20(26,27)19-17(24)6-12(7-18(19)25)11-2-4-13(21)5-3-11;1-10-15(22)8-14(9-16(10)23)28-20(26,27)19-17(24)6-12(7-18(19)25)11-3-2-4-13(21)5-11;1-6-3-2-4-7(8)5-6/h2*2-9H,1H3;2-5H,1H3. The fourth-order valence-corrected chi connectivity index (χ4v) is 5.98. The lowest BCUT2D eigenvalue weighted by molar-refractivity contribution is -0.190. The van der Waals surface area contributed by atoms with Crippen molar-refractivity contribution >= 4 is 15.9 Å². The fraction of sp³-hybridized carbons (Fsp3) is 0.106. The molecule has 0 aliphatic heterocycles. The van der Waals surface area contributed by atoms with Crippen molar-refractivity contribution in [3.05, 3.63) is 212 Å². The molecule has 2 nitrogen and oxygen atoms in total. The highest BCUT2D eigenvalue weighted by molar-refractivity contribution is 9.10. The van der Waals surface area contributed by atoms with Gasteiger partial charge in [0.1, 0.15) is 80.8 Å². The number of aryl methyl sites for hydroxylation is 1. The Bertz CT molecular complexity index is 2690. The van der Waals surface area contributed by atoms with E-state index in [9.17, 15) is 61.5 Å². The first-order valence-corrected chi connectivity index (χ1v) is 19.0. The lowest BCUT2D eigenvalue weighted by Gasteiger charge is -2.20. The molecule has 0 saturated carbocycles. The van der Waals surface area contributed by atoms with Gasteiger partial charge in [0.2, 0.25) is 0 Å². The number of hydrogen-bond acceptors (Lipinski definition) is 2. The normalized spacial score (nSPS) is 11.3. The van der Waals surface area contributed by atoms with Gasteiger partial charge in [0.05, 0.1) is 0 Å². The van der Waals surface area contributed by atoms with Crippen LogP contribution in [0.1, 0.15) is 27.8 Å². The van der Waals surface area contributed by atoms with E-state index in [2.05, 4.69) is 25.4 Å². The van der Waals surface area contributed by atoms with Gasteiger partial charge >= 0.3 is 12.2 Å². The average Bonchev–Trinajstić information content (AvgIpc) is 3.18. The average molecular weight is 972 g/mol. The summed E-state index contributed by atoms with van der Waals surface area (Å²) in [7, 11) is 0. The van der Waals surface area contributed by atoms with Crippen LogP contribution in [0.2, 0.25) is 0 Å². The van der Waals surface area contributed by atoms with Crippen molar-refractivity contribution in [1.82, 2.24) is 0 Å². The number of ether oxygens (including phenoxy) is 2. The Morgan fingerprint density at radius 3 is 1.08 bits per heavy atom. The van der Waals surface area contributed by atoms with Crippen molar-refractivity contribution in [1.29, 1.82) is 0 Å². The predicted octanol–water partition coefficient (Wildman–Crippen LogP) is 15.7. The third-order valence-corrected chi connectivity index (χ3v) is 9.51. The summed E-state index contributed by atoms with van der Waals surface area (Å²) >= 11 is 3.21. The monoisotopic (exact) mass is 970 g/mol. The Hall–Kier alpha value is -6.36. The van der Waals surface area contributed by atoms with Gasteiger partial charge in [0.15, 0.2) is 0 Å². The molecule has 0 fully saturated rings. The number of alkyl halides is 4. The minimum Gasteiger partial charge on any atom is -0.429 e. The predicted molar refractivity (Wildman–Crippen MR) is 214 cm³/mol. The molecule has 17 heteroatoms. The summed E-state index contributed by atoms with van der Waals surface area (Å²) in [6.45, 7) is 4.05. The largest absolute Gasteiger partial charge is 0.432 e. The zero-order valence-corrected chi connectivity index (χ0v) is 34.6. The van der Waals surface area contributed by atoms with E-state index in [1.807, 2.05) is 13.0 Å². The Labute approximate surface area is 364 Å². The Balaban J connectivity index is 0.000000205. The van der Waals surface area contributed by atoms with Gasteiger partial charge in [0.25, 0.3) is 0 Å². The molecule has 0 radical (unpaired) electrons. The van der Waals surface area contributed by atoms with Crippen LogP contribution in [0.5, 0.6) is 11.5 Å². The van der Waals surface area contributed by atoms with E-state index in [0.717, 1.165) is 48.1 Å². The van der Waals surface area contributed by atoms with Gasteiger partial charge in [-0.1, -0.05) is 52.3 Å². The Kier molecular flexibility index (Phi) is 15.2. The zero-order chi connectivity index (χ0) is 47.3. The molecule has 0 N–H and O–H groups in total. The summed E-state index contributed by atoms with van der Waals surface area (Å²) in [6.07, 6.45) is -9.07. The molecule has 64 heavy (non-hydrogen) atoms. The van der Waals surface area contributed by atoms with Crippen LogP contribution in [0.3, 0.4) is 0 Å². The molecule has 7 aromatic rings. The molecular weight excluding hydrogens is 942 g/mol.